The van der Waals surface area contributed by atoms with E-state index >= 15 is 0 Å². The molecule has 0 bridgehead atoms. The molecule has 1 aromatic rings. The van der Waals surface area contributed by atoms with Crippen molar-refractivity contribution >= 4 is 5.57 Å². The molecule has 0 radical (unpaired) electrons. The molecule has 0 fully saturated rings. The van der Waals surface area contributed by atoms with E-state index in [9.17, 15) is 0 Å². The average Bonchev–Trinajstić information content (AvgIpc) is 2.46. The van der Waals surface area contributed by atoms with Crippen molar-refractivity contribution in [3.63, 3.8) is 0 Å². The lowest BCUT2D eigenvalue weighted by Gasteiger charge is -2.01. The molecule has 0 aliphatic heterocycles. The van der Waals surface area contributed by atoms with Crippen LogP contribution in [-0.4, -0.2) is 0 Å². The van der Waals surface area contributed by atoms with E-state index < -0.39 is 0 Å². The Morgan fingerprint density at radius 1 is 1.07 bits per heavy atom. The van der Waals surface area contributed by atoms with Gasteiger partial charge in [-0.25, -0.2) is 0 Å². The second-order valence-electron chi connectivity index (χ2n) is 4.40. The van der Waals surface area contributed by atoms with Crippen molar-refractivity contribution in [2.45, 2.75) is 19.8 Å². The maximum atomic E-state index is 2.26. The fourth-order valence-corrected chi connectivity index (χ4v) is 2.52. The van der Waals surface area contributed by atoms with Gasteiger partial charge in [0, 0.05) is 0 Å². The van der Waals surface area contributed by atoms with Crippen molar-refractivity contribution in [1.29, 1.82) is 0 Å². The molecule has 2 aliphatic rings. The molecular weight excluding hydrogens is 180 g/mol. The second kappa shape index (κ2) is 3.23. The number of fused-ring (bicyclic) bond motifs is 2. The van der Waals surface area contributed by atoms with Crippen LogP contribution in [0.1, 0.15) is 24.5 Å². The standard InChI is InChI=1S/C15H14/c1-11-5-4-8-15-13(9-11)10-12-6-2-3-7-14(12)15/h2-8H,9-10H2,1H3. The molecule has 2 aliphatic carbocycles. The smallest absolute Gasteiger partial charge is 0.00485 e. The third kappa shape index (κ3) is 1.37. The van der Waals surface area contributed by atoms with Crippen molar-refractivity contribution in [3.05, 3.63) is 64.8 Å². The summed E-state index contributed by atoms with van der Waals surface area (Å²) in [6.45, 7) is 2.21. The summed E-state index contributed by atoms with van der Waals surface area (Å²) < 4.78 is 0. The molecule has 3 rings (SSSR count). The molecule has 15 heavy (non-hydrogen) atoms. The van der Waals surface area contributed by atoms with Gasteiger partial charge >= 0.3 is 0 Å². The Hall–Kier alpha value is -1.56. The predicted octanol–water partition coefficient (Wildman–Crippen LogP) is 3.90. The average molecular weight is 194 g/mol. The number of rotatable bonds is 0. The van der Waals surface area contributed by atoms with E-state index in [-0.39, 0.29) is 0 Å². The van der Waals surface area contributed by atoms with Crippen LogP contribution < -0.4 is 0 Å². The van der Waals surface area contributed by atoms with Crippen LogP contribution in [0.5, 0.6) is 0 Å². The van der Waals surface area contributed by atoms with Gasteiger partial charge in [0.2, 0.25) is 0 Å². The van der Waals surface area contributed by atoms with Gasteiger partial charge in [-0.3, -0.25) is 0 Å². The molecule has 0 heteroatoms. The maximum Gasteiger partial charge on any atom is -0.00485 e. The van der Waals surface area contributed by atoms with Gasteiger partial charge in [0.15, 0.2) is 0 Å². The van der Waals surface area contributed by atoms with Crippen molar-refractivity contribution < 1.29 is 0 Å². The summed E-state index contributed by atoms with van der Waals surface area (Å²) in [5.74, 6) is 0. The van der Waals surface area contributed by atoms with Gasteiger partial charge in [-0.2, -0.15) is 0 Å². The summed E-state index contributed by atoms with van der Waals surface area (Å²) in [5, 5.41) is 0. The Labute approximate surface area is 90.6 Å². The number of benzene rings is 1. The van der Waals surface area contributed by atoms with Crippen LogP contribution in [-0.2, 0) is 6.42 Å². The third-order valence-corrected chi connectivity index (χ3v) is 3.23. The summed E-state index contributed by atoms with van der Waals surface area (Å²) in [5.41, 5.74) is 7.43. The fraction of sp³-hybridized carbons (Fsp3) is 0.200. The minimum Gasteiger partial charge on any atom is -0.0692 e. The number of hydrogen-bond acceptors (Lipinski definition) is 0. The summed E-state index contributed by atoms with van der Waals surface area (Å²) >= 11 is 0. The summed E-state index contributed by atoms with van der Waals surface area (Å²) in [7, 11) is 0. The van der Waals surface area contributed by atoms with Crippen LogP contribution in [0.2, 0.25) is 0 Å². The van der Waals surface area contributed by atoms with E-state index in [4.69, 9.17) is 0 Å². The molecule has 0 heterocycles. The molecule has 0 saturated carbocycles. The summed E-state index contributed by atoms with van der Waals surface area (Å²) in [6.07, 6.45) is 8.94. The zero-order valence-electron chi connectivity index (χ0n) is 8.96. The monoisotopic (exact) mass is 194 g/mol. The summed E-state index contributed by atoms with van der Waals surface area (Å²) in [4.78, 5) is 0. The first kappa shape index (κ1) is 8.72. The van der Waals surface area contributed by atoms with Crippen LogP contribution in [0.15, 0.2) is 53.6 Å². The van der Waals surface area contributed by atoms with Crippen LogP contribution >= 0.6 is 0 Å². The third-order valence-electron chi connectivity index (χ3n) is 3.23. The zero-order chi connectivity index (χ0) is 10.3. The molecule has 74 valence electrons. The van der Waals surface area contributed by atoms with Gasteiger partial charge in [0.1, 0.15) is 0 Å². The lowest BCUT2D eigenvalue weighted by Crippen LogP contribution is -1.85. The van der Waals surface area contributed by atoms with E-state index in [1.165, 1.54) is 22.3 Å². The molecule has 0 spiro atoms. The molecule has 1 aromatic carbocycles. The van der Waals surface area contributed by atoms with Crippen molar-refractivity contribution in [2.75, 3.05) is 0 Å². The van der Waals surface area contributed by atoms with E-state index in [1.807, 2.05) is 0 Å². The van der Waals surface area contributed by atoms with Crippen LogP contribution in [0.3, 0.4) is 0 Å². The number of allylic oxidation sites excluding steroid dienone is 6. The quantitative estimate of drug-likeness (QED) is 0.587. The molecule has 0 N–H and O–H groups in total. The van der Waals surface area contributed by atoms with Gasteiger partial charge in [-0.05, 0) is 36.5 Å². The SMILES string of the molecule is CC1=CC=CC2=C(C1)Cc1ccccc12. The van der Waals surface area contributed by atoms with Crippen LogP contribution in [0.25, 0.3) is 5.57 Å². The van der Waals surface area contributed by atoms with Crippen molar-refractivity contribution in [3.8, 4) is 0 Å². The van der Waals surface area contributed by atoms with Crippen LogP contribution in [0.4, 0.5) is 0 Å². The Morgan fingerprint density at radius 3 is 2.87 bits per heavy atom. The predicted molar refractivity (Wildman–Crippen MR) is 64.6 cm³/mol. The Bertz CT molecular complexity index is 499. The maximum absolute atomic E-state index is 2.26. The highest BCUT2D eigenvalue weighted by Gasteiger charge is 2.19. The molecule has 0 unspecified atom stereocenters. The number of hydrogen-bond donors (Lipinski definition) is 0. The fourth-order valence-electron chi connectivity index (χ4n) is 2.52. The molecule has 0 atom stereocenters. The Morgan fingerprint density at radius 2 is 1.93 bits per heavy atom. The highest BCUT2D eigenvalue weighted by atomic mass is 14.2. The molecule has 0 amide bonds. The zero-order valence-corrected chi connectivity index (χ0v) is 8.96. The Kier molecular flexibility index (Phi) is 1.88. The molecule has 0 aromatic heterocycles. The van der Waals surface area contributed by atoms with E-state index in [1.54, 1.807) is 5.57 Å². The van der Waals surface area contributed by atoms with Gasteiger partial charge in [0.25, 0.3) is 0 Å². The Balaban J connectivity index is 2.12. The van der Waals surface area contributed by atoms with E-state index in [0.29, 0.717) is 0 Å². The lowest BCUT2D eigenvalue weighted by molar-refractivity contribution is 1.05. The molecular formula is C15H14. The summed E-state index contributed by atoms with van der Waals surface area (Å²) in [6, 6.07) is 8.75. The van der Waals surface area contributed by atoms with Gasteiger partial charge in [-0.15, -0.1) is 0 Å². The molecule has 0 nitrogen and oxygen atoms in total. The largest absolute Gasteiger partial charge is 0.0692 e. The highest BCUT2D eigenvalue weighted by Crippen LogP contribution is 2.37. The minimum atomic E-state index is 1.14. The normalized spacial score (nSPS) is 18.3. The first-order valence-electron chi connectivity index (χ1n) is 5.49. The van der Waals surface area contributed by atoms with Crippen molar-refractivity contribution in [2.24, 2.45) is 0 Å². The van der Waals surface area contributed by atoms with Crippen LogP contribution in [0, 0.1) is 0 Å². The second-order valence-corrected chi connectivity index (χ2v) is 4.40. The van der Waals surface area contributed by atoms with E-state index in [2.05, 4.69) is 49.4 Å². The molecule has 0 saturated heterocycles. The lowest BCUT2D eigenvalue weighted by atomic mass is 10.0. The topological polar surface area (TPSA) is 0 Å². The minimum absolute atomic E-state index is 1.14. The van der Waals surface area contributed by atoms with Gasteiger partial charge in [0.05, 0.1) is 0 Å². The van der Waals surface area contributed by atoms with Gasteiger partial charge in [-0.1, -0.05) is 53.6 Å². The highest BCUT2D eigenvalue weighted by molar-refractivity contribution is 5.83. The first-order chi connectivity index (χ1) is 7.34. The van der Waals surface area contributed by atoms with E-state index in [0.717, 1.165) is 12.8 Å². The first-order valence-corrected chi connectivity index (χ1v) is 5.49. The van der Waals surface area contributed by atoms with Gasteiger partial charge < -0.3 is 0 Å². The van der Waals surface area contributed by atoms with Crippen molar-refractivity contribution in [1.82, 2.24) is 0 Å².